The fourth-order valence-corrected chi connectivity index (χ4v) is 3.60. The molecule has 2 aliphatic heterocycles. The Morgan fingerprint density at radius 2 is 1.47 bits per heavy atom. The molecule has 0 nitrogen and oxygen atoms in total. The van der Waals surface area contributed by atoms with Gasteiger partial charge in [-0.15, -0.1) is 5.82 Å². The summed E-state index contributed by atoms with van der Waals surface area (Å²) in [5.74, 6) is 8.79. The molecule has 86 valence electrons. The molecule has 2 fully saturated rings. The molecule has 1 aromatic rings. The lowest BCUT2D eigenvalue weighted by atomic mass is 9.28. The molecule has 0 aliphatic carbocycles. The quantitative estimate of drug-likeness (QED) is 0.456. The lowest BCUT2D eigenvalue weighted by Gasteiger charge is -2.37. The van der Waals surface area contributed by atoms with Crippen LogP contribution < -0.4 is 0 Å². The van der Waals surface area contributed by atoms with E-state index >= 15 is 0 Å². The van der Waals surface area contributed by atoms with Crippen molar-refractivity contribution in [2.24, 2.45) is 0 Å². The molecule has 0 spiro atoms. The lowest BCUT2D eigenvalue weighted by molar-refractivity contribution is 0.448. The van der Waals surface area contributed by atoms with Crippen LogP contribution >= 0.6 is 0 Å². The summed E-state index contributed by atoms with van der Waals surface area (Å²) in [5, 5.41) is 0. The van der Waals surface area contributed by atoms with Gasteiger partial charge in [0.15, 0.2) is 0 Å². The molecule has 0 unspecified atom stereocenters. The van der Waals surface area contributed by atoms with E-state index in [1.807, 2.05) is 0 Å². The number of rotatable bonds is 0. The van der Waals surface area contributed by atoms with E-state index in [9.17, 15) is 0 Å². The SMILES string of the molecule is C(#Cc1ccccc1)B1C2CCCC1CCC2. The molecule has 0 saturated carbocycles. The lowest BCUT2D eigenvalue weighted by Crippen LogP contribution is -2.33. The average molecular weight is 222 g/mol. The fourth-order valence-electron chi connectivity index (χ4n) is 3.60. The van der Waals surface area contributed by atoms with E-state index in [-0.39, 0.29) is 0 Å². The highest BCUT2D eigenvalue weighted by molar-refractivity contribution is 6.71. The number of fused-ring (bicyclic) bond motifs is 2. The second-order valence-corrected chi connectivity index (χ2v) is 5.54. The predicted octanol–water partition coefficient (Wildman–Crippen LogP) is 4.18. The predicted molar refractivity (Wildman–Crippen MR) is 74.3 cm³/mol. The van der Waals surface area contributed by atoms with Crippen molar-refractivity contribution in [1.29, 1.82) is 0 Å². The molecule has 2 aliphatic rings. The van der Waals surface area contributed by atoms with E-state index in [1.54, 1.807) is 0 Å². The van der Waals surface area contributed by atoms with Crippen LogP contribution in [0.3, 0.4) is 0 Å². The number of hydrogen-bond acceptors (Lipinski definition) is 0. The monoisotopic (exact) mass is 222 g/mol. The minimum atomic E-state index is 0.692. The van der Waals surface area contributed by atoms with E-state index in [2.05, 4.69) is 42.1 Å². The minimum absolute atomic E-state index is 0.692. The van der Waals surface area contributed by atoms with Crippen LogP contribution in [0.1, 0.15) is 44.1 Å². The first-order valence-electron chi connectivity index (χ1n) is 7.00. The zero-order valence-corrected chi connectivity index (χ0v) is 10.4. The van der Waals surface area contributed by atoms with Crippen molar-refractivity contribution in [2.75, 3.05) is 0 Å². The molecule has 17 heavy (non-hydrogen) atoms. The van der Waals surface area contributed by atoms with Gasteiger partial charge in [-0.2, -0.15) is 0 Å². The van der Waals surface area contributed by atoms with Crippen molar-refractivity contribution in [2.45, 2.75) is 50.2 Å². The Labute approximate surface area is 105 Å². The average Bonchev–Trinajstić information content (AvgIpc) is 2.37. The van der Waals surface area contributed by atoms with Crippen molar-refractivity contribution < 1.29 is 0 Å². The Hall–Kier alpha value is -1.16. The van der Waals surface area contributed by atoms with Crippen LogP contribution in [-0.4, -0.2) is 6.71 Å². The second-order valence-electron chi connectivity index (χ2n) is 5.54. The van der Waals surface area contributed by atoms with E-state index in [1.165, 1.54) is 44.1 Å². The molecule has 3 rings (SSSR count). The van der Waals surface area contributed by atoms with Gasteiger partial charge in [0, 0.05) is 5.56 Å². The Morgan fingerprint density at radius 3 is 2.06 bits per heavy atom. The summed E-state index contributed by atoms with van der Waals surface area (Å²) >= 11 is 0. The highest BCUT2D eigenvalue weighted by Gasteiger charge is 2.38. The largest absolute Gasteiger partial charge is 0.238 e. The van der Waals surface area contributed by atoms with Crippen LogP contribution in [0.5, 0.6) is 0 Å². The van der Waals surface area contributed by atoms with Gasteiger partial charge in [-0.3, -0.25) is 0 Å². The van der Waals surface area contributed by atoms with Crippen molar-refractivity contribution >= 4 is 6.71 Å². The molecule has 0 radical (unpaired) electrons. The maximum Gasteiger partial charge on any atom is 0.238 e. The van der Waals surface area contributed by atoms with Crippen molar-refractivity contribution in [1.82, 2.24) is 0 Å². The van der Waals surface area contributed by atoms with Crippen LogP contribution in [0.25, 0.3) is 0 Å². The summed E-state index contributed by atoms with van der Waals surface area (Å²) in [4.78, 5) is 0. The molecule has 0 N–H and O–H groups in total. The molecule has 0 amide bonds. The Kier molecular flexibility index (Phi) is 3.23. The fraction of sp³-hybridized carbons (Fsp3) is 0.500. The Morgan fingerprint density at radius 1 is 0.882 bits per heavy atom. The van der Waals surface area contributed by atoms with Crippen molar-refractivity contribution in [3.05, 3.63) is 35.9 Å². The minimum Gasteiger partial charge on any atom is -0.149 e. The summed E-state index contributed by atoms with van der Waals surface area (Å²) in [6, 6.07) is 10.4. The summed E-state index contributed by atoms with van der Waals surface area (Å²) < 4.78 is 0. The second kappa shape index (κ2) is 5.00. The first-order valence-corrected chi connectivity index (χ1v) is 7.00. The van der Waals surface area contributed by atoms with Gasteiger partial charge in [0.05, 0.1) is 0 Å². The molecule has 1 heteroatoms. The summed E-state index contributed by atoms with van der Waals surface area (Å²) in [6.07, 6.45) is 8.57. The van der Waals surface area contributed by atoms with E-state index < -0.39 is 0 Å². The highest BCUT2D eigenvalue weighted by Crippen LogP contribution is 2.45. The van der Waals surface area contributed by atoms with Gasteiger partial charge < -0.3 is 0 Å². The summed E-state index contributed by atoms with van der Waals surface area (Å²) in [7, 11) is 0. The van der Waals surface area contributed by atoms with Gasteiger partial charge >= 0.3 is 0 Å². The smallest absolute Gasteiger partial charge is 0.149 e. The highest BCUT2D eigenvalue weighted by atomic mass is 14.2. The van der Waals surface area contributed by atoms with Crippen molar-refractivity contribution in [3.8, 4) is 11.7 Å². The van der Waals surface area contributed by atoms with Gasteiger partial charge in [0.2, 0.25) is 6.71 Å². The first-order chi connectivity index (χ1) is 8.43. The molecule has 2 saturated heterocycles. The van der Waals surface area contributed by atoms with Crippen LogP contribution in [0, 0.1) is 11.7 Å². The number of hydrogen-bond donors (Lipinski definition) is 0. The third kappa shape index (κ3) is 2.42. The van der Waals surface area contributed by atoms with Gasteiger partial charge in [0.1, 0.15) is 0 Å². The van der Waals surface area contributed by atoms with Gasteiger partial charge in [0.25, 0.3) is 0 Å². The summed E-state index contributed by atoms with van der Waals surface area (Å²) in [5.41, 5.74) is 1.18. The van der Waals surface area contributed by atoms with E-state index in [0.29, 0.717) is 6.71 Å². The molecule has 2 heterocycles. The van der Waals surface area contributed by atoms with Gasteiger partial charge in [-0.1, -0.05) is 62.6 Å². The maximum atomic E-state index is 3.59. The maximum absolute atomic E-state index is 3.59. The third-order valence-corrected chi connectivity index (χ3v) is 4.47. The van der Waals surface area contributed by atoms with E-state index in [0.717, 1.165) is 11.6 Å². The molecular weight excluding hydrogens is 203 g/mol. The number of benzene rings is 1. The molecule has 0 atom stereocenters. The Balaban J connectivity index is 1.78. The van der Waals surface area contributed by atoms with Crippen LogP contribution in [0.2, 0.25) is 11.6 Å². The van der Waals surface area contributed by atoms with Crippen molar-refractivity contribution in [3.63, 3.8) is 0 Å². The van der Waals surface area contributed by atoms with Gasteiger partial charge in [-0.25, -0.2) is 0 Å². The van der Waals surface area contributed by atoms with Gasteiger partial charge in [-0.05, 0) is 23.8 Å². The topological polar surface area (TPSA) is 0 Å². The Bertz CT molecular complexity index is 404. The van der Waals surface area contributed by atoms with Crippen LogP contribution in [-0.2, 0) is 0 Å². The van der Waals surface area contributed by atoms with Crippen LogP contribution in [0.15, 0.2) is 30.3 Å². The molecule has 1 aromatic carbocycles. The molecular formula is C16H19B. The van der Waals surface area contributed by atoms with E-state index in [4.69, 9.17) is 0 Å². The standard InChI is InChI=1S/C16H19B/c1-2-6-14(7-3-1)12-13-17-15-8-4-9-16(17)11-5-10-15/h1-3,6-7,15-16H,4-5,8-11H2. The third-order valence-electron chi connectivity index (χ3n) is 4.47. The van der Waals surface area contributed by atoms with Crippen LogP contribution in [0.4, 0.5) is 0 Å². The molecule has 0 aromatic heterocycles. The summed E-state index contributed by atoms with van der Waals surface area (Å²) in [6.45, 7) is 0.692. The zero-order valence-electron chi connectivity index (χ0n) is 10.4. The molecule has 2 bridgehead atoms. The first kappa shape index (κ1) is 11.0. The zero-order chi connectivity index (χ0) is 11.5. The normalized spacial score (nSPS) is 27.2.